The lowest BCUT2D eigenvalue weighted by atomic mass is 9.95. The van der Waals surface area contributed by atoms with E-state index in [1.807, 2.05) is 13.0 Å². The summed E-state index contributed by atoms with van der Waals surface area (Å²) in [6, 6.07) is 8.23. The average molecular weight is 229 g/mol. The van der Waals surface area contributed by atoms with Gasteiger partial charge in [0.15, 0.2) is 0 Å². The van der Waals surface area contributed by atoms with Crippen molar-refractivity contribution in [2.24, 2.45) is 5.73 Å². The van der Waals surface area contributed by atoms with Crippen molar-refractivity contribution < 1.29 is 4.42 Å². The number of furan rings is 1. The van der Waals surface area contributed by atoms with Gasteiger partial charge in [-0.05, 0) is 55.5 Å². The van der Waals surface area contributed by atoms with Gasteiger partial charge >= 0.3 is 0 Å². The second kappa shape index (κ2) is 4.76. The van der Waals surface area contributed by atoms with Gasteiger partial charge in [-0.2, -0.15) is 0 Å². The minimum atomic E-state index is -0.0650. The molecule has 0 amide bonds. The molecule has 1 aromatic heterocycles. The summed E-state index contributed by atoms with van der Waals surface area (Å²) >= 11 is 0. The molecule has 0 aliphatic rings. The lowest BCUT2D eigenvalue weighted by Gasteiger charge is -2.14. The second-order valence-electron chi connectivity index (χ2n) is 4.65. The van der Waals surface area contributed by atoms with Gasteiger partial charge in [-0.15, -0.1) is 0 Å². The summed E-state index contributed by atoms with van der Waals surface area (Å²) in [6.07, 6.45) is 2.53. The van der Waals surface area contributed by atoms with Crippen molar-refractivity contribution in [1.29, 1.82) is 0 Å². The molecule has 1 aromatic carbocycles. The van der Waals surface area contributed by atoms with Crippen molar-refractivity contribution in [1.82, 2.24) is 0 Å². The zero-order valence-corrected chi connectivity index (χ0v) is 10.7. The minimum Gasteiger partial charge on any atom is -0.467 e. The molecular weight excluding hydrogens is 210 g/mol. The molecule has 0 radical (unpaired) electrons. The molecule has 1 heterocycles. The molecule has 0 saturated carbocycles. The Kier molecular flexibility index (Phi) is 3.34. The summed E-state index contributed by atoms with van der Waals surface area (Å²) in [6.45, 7) is 6.29. The van der Waals surface area contributed by atoms with Gasteiger partial charge in [0.2, 0.25) is 0 Å². The highest BCUT2D eigenvalue weighted by molar-refractivity contribution is 5.35. The van der Waals surface area contributed by atoms with Crippen molar-refractivity contribution >= 4 is 0 Å². The van der Waals surface area contributed by atoms with Gasteiger partial charge in [0.25, 0.3) is 0 Å². The van der Waals surface area contributed by atoms with E-state index in [4.69, 9.17) is 10.2 Å². The van der Waals surface area contributed by atoms with Crippen LogP contribution in [0.2, 0.25) is 0 Å². The average Bonchev–Trinajstić information content (AvgIpc) is 2.70. The molecule has 2 aromatic rings. The highest BCUT2D eigenvalue weighted by Gasteiger charge is 2.15. The van der Waals surface area contributed by atoms with E-state index in [1.54, 1.807) is 6.26 Å². The van der Waals surface area contributed by atoms with E-state index in [0.717, 1.165) is 17.7 Å². The Morgan fingerprint density at radius 1 is 1.06 bits per heavy atom. The molecule has 2 N–H and O–H groups in total. The minimum absolute atomic E-state index is 0.0650. The van der Waals surface area contributed by atoms with Crippen LogP contribution >= 0.6 is 0 Å². The van der Waals surface area contributed by atoms with Crippen LogP contribution in [0, 0.1) is 20.8 Å². The van der Waals surface area contributed by atoms with Crippen LogP contribution in [0.15, 0.2) is 34.9 Å². The maximum atomic E-state index is 6.22. The normalized spacial score (nSPS) is 12.7. The Balaban J connectivity index is 2.25. The smallest absolute Gasteiger partial charge is 0.123 e. The maximum absolute atomic E-state index is 6.22. The van der Waals surface area contributed by atoms with Gasteiger partial charge < -0.3 is 10.2 Å². The van der Waals surface area contributed by atoms with E-state index in [1.165, 1.54) is 16.7 Å². The number of rotatable bonds is 3. The highest BCUT2D eigenvalue weighted by Crippen LogP contribution is 2.23. The molecule has 1 atom stereocenters. The SMILES string of the molecule is Cc1ccoc1C(N)Cc1c(C)cccc1C. The summed E-state index contributed by atoms with van der Waals surface area (Å²) in [5, 5.41) is 0. The van der Waals surface area contributed by atoms with Gasteiger partial charge in [0.1, 0.15) is 5.76 Å². The first-order valence-corrected chi connectivity index (χ1v) is 5.94. The molecule has 90 valence electrons. The standard InChI is InChI=1S/C15H19NO/c1-10-5-4-6-11(2)13(10)9-14(16)15-12(3)7-8-17-15/h4-8,14H,9,16H2,1-3H3. The lowest BCUT2D eigenvalue weighted by Crippen LogP contribution is -2.15. The first-order chi connectivity index (χ1) is 8.09. The van der Waals surface area contributed by atoms with E-state index in [2.05, 4.69) is 32.0 Å². The van der Waals surface area contributed by atoms with Crippen LogP contribution in [0.5, 0.6) is 0 Å². The number of hydrogen-bond donors (Lipinski definition) is 1. The fourth-order valence-electron chi connectivity index (χ4n) is 2.25. The third-order valence-electron chi connectivity index (χ3n) is 3.31. The van der Waals surface area contributed by atoms with Gasteiger partial charge in [-0.25, -0.2) is 0 Å². The molecule has 0 aliphatic carbocycles. The first kappa shape index (κ1) is 11.9. The van der Waals surface area contributed by atoms with Crippen molar-refractivity contribution in [3.8, 4) is 0 Å². The third-order valence-corrected chi connectivity index (χ3v) is 3.31. The molecule has 0 fully saturated rings. The van der Waals surface area contributed by atoms with Crippen molar-refractivity contribution in [2.45, 2.75) is 33.2 Å². The Morgan fingerprint density at radius 3 is 2.24 bits per heavy atom. The van der Waals surface area contributed by atoms with Crippen LogP contribution in [-0.4, -0.2) is 0 Å². The molecule has 1 unspecified atom stereocenters. The molecule has 0 spiro atoms. The zero-order chi connectivity index (χ0) is 12.4. The van der Waals surface area contributed by atoms with Crippen molar-refractivity contribution in [3.63, 3.8) is 0 Å². The third kappa shape index (κ3) is 2.42. The van der Waals surface area contributed by atoms with Crippen molar-refractivity contribution in [2.75, 3.05) is 0 Å². The predicted molar refractivity (Wildman–Crippen MR) is 70.0 cm³/mol. The zero-order valence-electron chi connectivity index (χ0n) is 10.7. The van der Waals surface area contributed by atoms with E-state index >= 15 is 0 Å². The predicted octanol–water partition coefficient (Wildman–Crippen LogP) is 3.45. The topological polar surface area (TPSA) is 39.2 Å². The number of hydrogen-bond acceptors (Lipinski definition) is 2. The molecular formula is C15H19NO. The van der Waals surface area contributed by atoms with Gasteiger partial charge in [-0.3, -0.25) is 0 Å². The molecule has 2 rings (SSSR count). The molecule has 17 heavy (non-hydrogen) atoms. The summed E-state index contributed by atoms with van der Waals surface area (Å²) in [4.78, 5) is 0. The number of benzene rings is 1. The first-order valence-electron chi connectivity index (χ1n) is 5.94. The van der Waals surface area contributed by atoms with Crippen molar-refractivity contribution in [3.05, 3.63) is 58.5 Å². The van der Waals surface area contributed by atoms with E-state index in [0.29, 0.717) is 0 Å². The quantitative estimate of drug-likeness (QED) is 0.875. The Hall–Kier alpha value is -1.54. The second-order valence-corrected chi connectivity index (χ2v) is 4.65. The Morgan fingerprint density at radius 2 is 1.71 bits per heavy atom. The lowest BCUT2D eigenvalue weighted by molar-refractivity contribution is 0.461. The maximum Gasteiger partial charge on any atom is 0.123 e. The summed E-state index contributed by atoms with van der Waals surface area (Å²) in [5.74, 6) is 0.896. The van der Waals surface area contributed by atoms with Crippen LogP contribution in [0.3, 0.4) is 0 Å². The van der Waals surface area contributed by atoms with Gasteiger partial charge in [0.05, 0.1) is 12.3 Å². The number of nitrogens with two attached hydrogens (primary N) is 1. The molecule has 0 bridgehead atoms. The Labute approximate surface area is 102 Å². The molecule has 0 saturated heterocycles. The van der Waals surface area contributed by atoms with Gasteiger partial charge in [0, 0.05) is 0 Å². The largest absolute Gasteiger partial charge is 0.467 e. The fraction of sp³-hybridized carbons (Fsp3) is 0.333. The summed E-state index contributed by atoms with van der Waals surface area (Å²) < 4.78 is 5.45. The summed E-state index contributed by atoms with van der Waals surface area (Å²) in [7, 11) is 0. The molecule has 2 nitrogen and oxygen atoms in total. The van der Waals surface area contributed by atoms with Crippen LogP contribution in [0.25, 0.3) is 0 Å². The van der Waals surface area contributed by atoms with E-state index in [9.17, 15) is 0 Å². The van der Waals surface area contributed by atoms with Crippen LogP contribution in [-0.2, 0) is 6.42 Å². The highest BCUT2D eigenvalue weighted by atomic mass is 16.3. The Bertz CT molecular complexity index is 493. The summed E-state index contributed by atoms with van der Waals surface area (Å²) in [5.41, 5.74) is 11.3. The van der Waals surface area contributed by atoms with E-state index < -0.39 is 0 Å². The van der Waals surface area contributed by atoms with Crippen LogP contribution < -0.4 is 5.73 Å². The molecule has 2 heteroatoms. The van der Waals surface area contributed by atoms with Gasteiger partial charge in [-0.1, -0.05) is 18.2 Å². The van der Waals surface area contributed by atoms with E-state index in [-0.39, 0.29) is 6.04 Å². The number of aryl methyl sites for hydroxylation is 3. The van der Waals surface area contributed by atoms with Crippen LogP contribution in [0.1, 0.15) is 34.1 Å². The fourth-order valence-corrected chi connectivity index (χ4v) is 2.25. The van der Waals surface area contributed by atoms with Crippen LogP contribution in [0.4, 0.5) is 0 Å². The molecule has 0 aliphatic heterocycles. The monoisotopic (exact) mass is 229 g/mol.